The fourth-order valence-electron chi connectivity index (χ4n) is 4.38. The average Bonchev–Trinajstić information content (AvgIpc) is 2.87. The van der Waals surface area contributed by atoms with Gasteiger partial charge in [0.05, 0.1) is 18.6 Å². The molecule has 3 aliphatic rings. The Bertz CT molecular complexity index is 779. The van der Waals surface area contributed by atoms with Crippen LogP contribution in [0, 0.1) is 0 Å². The summed E-state index contributed by atoms with van der Waals surface area (Å²) in [6.45, 7) is 5.94. The van der Waals surface area contributed by atoms with Gasteiger partial charge in [-0.3, -0.25) is 0 Å². The minimum absolute atomic E-state index is 0.0813. The summed E-state index contributed by atoms with van der Waals surface area (Å²) in [7, 11) is 1.66. The predicted octanol–water partition coefficient (Wildman–Crippen LogP) is 2.28. The van der Waals surface area contributed by atoms with Crippen LogP contribution in [-0.4, -0.2) is 47.5 Å². The molecule has 5 nitrogen and oxygen atoms in total. The molecule has 0 bridgehead atoms. The summed E-state index contributed by atoms with van der Waals surface area (Å²) < 4.78 is 11.9. The Kier molecular flexibility index (Phi) is 4.40. The van der Waals surface area contributed by atoms with Gasteiger partial charge in [-0.2, -0.15) is 0 Å². The number of methoxy groups -OCH3 is 1. The van der Waals surface area contributed by atoms with Crippen molar-refractivity contribution in [3.63, 3.8) is 0 Å². The third-order valence-electron chi connectivity index (χ3n) is 5.64. The van der Waals surface area contributed by atoms with Crippen LogP contribution in [-0.2, 0) is 12.0 Å². The molecule has 1 spiro atoms. The van der Waals surface area contributed by atoms with Crippen LogP contribution in [0.5, 0.6) is 11.5 Å². The summed E-state index contributed by atoms with van der Waals surface area (Å²) in [4.78, 5) is 2.20. The largest absolute Gasteiger partial charge is 0.493 e. The zero-order valence-corrected chi connectivity index (χ0v) is 15.7. The molecule has 1 unspecified atom stereocenters. The van der Waals surface area contributed by atoms with E-state index in [1.807, 2.05) is 12.1 Å². The van der Waals surface area contributed by atoms with E-state index in [4.69, 9.17) is 21.7 Å². The smallest absolute Gasteiger partial charge is 0.169 e. The summed E-state index contributed by atoms with van der Waals surface area (Å²) >= 11 is 5.58. The number of aliphatic hydroxyl groups is 1. The van der Waals surface area contributed by atoms with Gasteiger partial charge in [0, 0.05) is 31.6 Å². The Labute approximate surface area is 159 Å². The standard InChI is InChI=1S/C20H24N2O3S/c1-3-9-21-19(26)22-10-8-20-7-6-14(23)11-16(20)25-18-15(24-2)5-4-13(12-22)17(18)20/h3-7,14,16,23H,1,8-12H2,2H3,(H,21,26)/t14-,16-,20?/m1/s1. The first-order chi connectivity index (χ1) is 12.6. The van der Waals surface area contributed by atoms with Gasteiger partial charge < -0.3 is 24.8 Å². The maximum Gasteiger partial charge on any atom is 0.169 e. The second-order valence-corrected chi connectivity index (χ2v) is 7.47. The van der Waals surface area contributed by atoms with Crippen molar-refractivity contribution in [2.75, 3.05) is 20.2 Å². The van der Waals surface area contributed by atoms with E-state index in [9.17, 15) is 5.11 Å². The SMILES string of the molecule is C=CCNC(=S)N1CCC23C=C[C@@H](O)C[C@H]2Oc2c(OC)ccc(c23)C1. The lowest BCUT2D eigenvalue weighted by Crippen LogP contribution is -2.44. The Morgan fingerprint density at radius 1 is 1.58 bits per heavy atom. The molecule has 2 heterocycles. The van der Waals surface area contributed by atoms with Crippen LogP contribution in [0.25, 0.3) is 0 Å². The van der Waals surface area contributed by atoms with Gasteiger partial charge in [-0.1, -0.05) is 24.3 Å². The van der Waals surface area contributed by atoms with E-state index >= 15 is 0 Å². The highest BCUT2D eigenvalue weighted by Gasteiger charge is 2.52. The Morgan fingerprint density at radius 3 is 3.19 bits per heavy atom. The lowest BCUT2D eigenvalue weighted by Gasteiger charge is -2.36. The lowest BCUT2D eigenvalue weighted by atomic mass is 9.69. The molecule has 0 saturated heterocycles. The highest BCUT2D eigenvalue weighted by Crippen LogP contribution is 2.55. The first kappa shape index (κ1) is 17.4. The first-order valence-electron chi connectivity index (χ1n) is 8.97. The van der Waals surface area contributed by atoms with E-state index in [1.54, 1.807) is 13.2 Å². The third-order valence-corrected chi connectivity index (χ3v) is 6.04. The Morgan fingerprint density at radius 2 is 2.42 bits per heavy atom. The van der Waals surface area contributed by atoms with Gasteiger partial charge in [-0.25, -0.2) is 0 Å². The fourth-order valence-corrected chi connectivity index (χ4v) is 4.62. The first-order valence-corrected chi connectivity index (χ1v) is 9.38. The Hall–Kier alpha value is -2.05. The number of nitrogens with zero attached hydrogens (tertiary/aromatic N) is 1. The van der Waals surface area contributed by atoms with Gasteiger partial charge >= 0.3 is 0 Å². The van der Waals surface area contributed by atoms with E-state index in [-0.39, 0.29) is 11.5 Å². The normalized spacial score (nSPS) is 28.5. The van der Waals surface area contributed by atoms with Crippen molar-refractivity contribution >= 4 is 17.3 Å². The number of nitrogens with one attached hydrogen (secondary N) is 1. The fraction of sp³-hybridized carbons (Fsp3) is 0.450. The van der Waals surface area contributed by atoms with Crippen LogP contribution < -0.4 is 14.8 Å². The minimum Gasteiger partial charge on any atom is -0.493 e. The molecule has 2 N–H and O–H groups in total. The number of thiocarbonyl (C=S) groups is 1. The molecule has 1 aliphatic carbocycles. The molecule has 3 atom stereocenters. The molecule has 4 rings (SSSR count). The highest BCUT2D eigenvalue weighted by molar-refractivity contribution is 7.80. The summed E-state index contributed by atoms with van der Waals surface area (Å²) in [5.41, 5.74) is 2.16. The maximum atomic E-state index is 10.1. The number of ether oxygens (including phenoxy) is 2. The van der Waals surface area contributed by atoms with E-state index in [1.165, 1.54) is 11.1 Å². The monoisotopic (exact) mass is 372 g/mol. The molecule has 1 aromatic rings. The zero-order chi connectivity index (χ0) is 18.3. The van der Waals surface area contributed by atoms with Crippen LogP contribution in [0.3, 0.4) is 0 Å². The summed E-state index contributed by atoms with van der Waals surface area (Å²) in [6, 6.07) is 4.07. The van der Waals surface area contributed by atoms with Crippen LogP contribution in [0.1, 0.15) is 24.0 Å². The molecule has 1 aromatic carbocycles. The average molecular weight is 372 g/mol. The molecule has 0 amide bonds. The number of hydrogen-bond acceptors (Lipinski definition) is 4. The second kappa shape index (κ2) is 6.59. The van der Waals surface area contributed by atoms with Gasteiger partial charge in [-0.05, 0) is 30.3 Å². The molecule has 0 aromatic heterocycles. The molecular weight excluding hydrogens is 348 g/mol. The van der Waals surface area contributed by atoms with Crippen molar-refractivity contribution in [2.45, 2.75) is 37.0 Å². The van der Waals surface area contributed by atoms with Gasteiger partial charge in [0.25, 0.3) is 0 Å². The maximum absolute atomic E-state index is 10.1. The molecule has 0 radical (unpaired) electrons. The van der Waals surface area contributed by atoms with E-state index in [0.717, 1.165) is 36.1 Å². The lowest BCUT2D eigenvalue weighted by molar-refractivity contribution is 0.0833. The van der Waals surface area contributed by atoms with E-state index in [2.05, 4.69) is 28.9 Å². The molecule has 6 heteroatoms. The van der Waals surface area contributed by atoms with Crippen molar-refractivity contribution in [1.82, 2.24) is 10.2 Å². The van der Waals surface area contributed by atoms with Gasteiger partial charge in [-0.15, -0.1) is 6.58 Å². The van der Waals surface area contributed by atoms with Crippen LogP contribution in [0.2, 0.25) is 0 Å². The van der Waals surface area contributed by atoms with E-state index in [0.29, 0.717) is 13.0 Å². The molecule has 26 heavy (non-hydrogen) atoms. The van der Waals surface area contributed by atoms with Gasteiger partial charge in [0.1, 0.15) is 6.10 Å². The minimum atomic E-state index is -0.468. The molecule has 138 valence electrons. The van der Waals surface area contributed by atoms with Crippen molar-refractivity contribution in [1.29, 1.82) is 0 Å². The van der Waals surface area contributed by atoms with Crippen LogP contribution in [0.15, 0.2) is 36.9 Å². The number of hydrogen-bond donors (Lipinski definition) is 2. The quantitative estimate of drug-likeness (QED) is 0.627. The predicted molar refractivity (Wildman–Crippen MR) is 105 cm³/mol. The topological polar surface area (TPSA) is 54.0 Å². The summed E-state index contributed by atoms with van der Waals surface area (Å²) in [6.07, 6.45) is 6.77. The number of benzene rings is 1. The molecule has 0 saturated carbocycles. The van der Waals surface area contributed by atoms with Crippen molar-refractivity contribution < 1.29 is 14.6 Å². The molecular formula is C20H24N2O3S. The van der Waals surface area contributed by atoms with Crippen LogP contribution in [0.4, 0.5) is 0 Å². The number of rotatable bonds is 3. The van der Waals surface area contributed by atoms with E-state index < -0.39 is 6.10 Å². The molecule has 0 fully saturated rings. The third kappa shape index (κ3) is 2.59. The molecule has 2 aliphatic heterocycles. The summed E-state index contributed by atoms with van der Waals surface area (Å²) in [5.74, 6) is 1.57. The number of aliphatic hydroxyl groups excluding tert-OH is 1. The van der Waals surface area contributed by atoms with Gasteiger partial charge in [0.15, 0.2) is 16.6 Å². The van der Waals surface area contributed by atoms with Crippen molar-refractivity contribution in [3.8, 4) is 11.5 Å². The highest BCUT2D eigenvalue weighted by atomic mass is 32.1. The summed E-state index contributed by atoms with van der Waals surface area (Å²) in [5, 5.41) is 14.1. The van der Waals surface area contributed by atoms with Crippen molar-refractivity contribution in [3.05, 3.63) is 48.1 Å². The van der Waals surface area contributed by atoms with Crippen molar-refractivity contribution in [2.24, 2.45) is 0 Å². The second-order valence-electron chi connectivity index (χ2n) is 7.09. The van der Waals surface area contributed by atoms with Gasteiger partial charge in [0.2, 0.25) is 0 Å². The van der Waals surface area contributed by atoms with Crippen LogP contribution >= 0.6 is 12.2 Å². The Balaban J connectivity index is 1.78. The zero-order valence-electron chi connectivity index (χ0n) is 14.9.